The minimum Gasteiger partial charge on any atom is -0.494 e. The lowest BCUT2D eigenvalue weighted by atomic mass is 10.0. The summed E-state index contributed by atoms with van der Waals surface area (Å²) >= 11 is 0. The molecule has 1 aliphatic rings. The molecule has 0 fully saturated rings. The summed E-state index contributed by atoms with van der Waals surface area (Å²) in [6.07, 6.45) is 2.28. The molecule has 21 heavy (non-hydrogen) atoms. The molecule has 2 N–H and O–H groups in total. The predicted molar refractivity (Wildman–Crippen MR) is 77.9 cm³/mol. The molecule has 2 rings (SSSR count). The molecular weight excluding hydrogens is 294 g/mol. The molecule has 0 saturated carbocycles. The van der Waals surface area contributed by atoms with E-state index in [0.29, 0.717) is 6.61 Å². The van der Waals surface area contributed by atoms with Crippen LogP contribution < -0.4 is 4.72 Å². The van der Waals surface area contributed by atoms with Crippen molar-refractivity contribution in [2.45, 2.75) is 24.9 Å². The van der Waals surface area contributed by atoms with E-state index in [0.717, 1.165) is 11.8 Å². The molecule has 0 amide bonds. The van der Waals surface area contributed by atoms with Crippen LogP contribution in [0, 0.1) is 0 Å². The van der Waals surface area contributed by atoms with Crippen molar-refractivity contribution in [3.63, 3.8) is 0 Å². The van der Waals surface area contributed by atoms with E-state index in [2.05, 4.69) is 4.72 Å². The van der Waals surface area contributed by atoms with E-state index in [1.165, 1.54) is 12.3 Å². The van der Waals surface area contributed by atoms with Crippen LogP contribution in [0.2, 0.25) is 0 Å². The van der Waals surface area contributed by atoms with Gasteiger partial charge in [0.25, 0.3) is 0 Å². The van der Waals surface area contributed by atoms with Crippen LogP contribution in [0.25, 0.3) is 0 Å². The summed E-state index contributed by atoms with van der Waals surface area (Å²) in [5, 5.41) is 9.87. The zero-order valence-electron chi connectivity index (χ0n) is 11.7. The van der Waals surface area contributed by atoms with Crippen LogP contribution in [0.3, 0.4) is 0 Å². The fraction of sp³-hybridized carbons (Fsp3) is 0.429. The van der Waals surface area contributed by atoms with Gasteiger partial charge in [-0.1, -0.05) is 30.3 Å². The van der Waals surface area contributed by atoms with Gasteiger partial charge in [-0.2, -0.15) is 0 Å². The van der Waals surface area contributed by atoms with Gasteiger partial charge in [-0.05, 0) is 11.6 Å². The lowest BCUT2D eigenvalue weighted by Gasteiger charge is -2.32. The van der Waals surface area contributed by atoms with Gasteiger partial charge in [0.05, 0.1) is 37.9 Å². The molecule has 6 nitrogen and oxygen atoms in total. The van der Waals surface area contributed by atoms with Gasteiger partial charge >= 0.3 is 0 Å². The average molecular weight is 313 g/mol. The number of aliphatic hydroxyl groups is 1. The summed E-state index contributed by atoms with van der Waals surface area (Å²) in [4.78, 5) is 0. The second kappa shape index (κ2) is 7.04. The first kappa shape index (κ1) is 16.0. The highest BCUT2D eigenvalue weighted by Gasteiger charge is 2.33. The third kappa shape index (κ3) is 5.13. The van der Waals surface area contributed by atoms with E-state index in [1.807, 2.05) is 30.3 Å². The number of sulfonamides is 1. The van der Waals surface area contributed by atoms with Crippen molar-refractivity contribution in [3.05, 3.63) is 48.2 Å². The van der Waals surface area contributed by atoms with Crippen LogP contribution in [-0.4, -0.2) is 44.6 Å². The summed E-state index contributed by atoms with van der Waals surface area (Å²) in [5.74, 6) is 0. The zero-order valence-corrected chi connectivity index (χ0v) is 12.5. The van der Waals surface area contributed by atoms with E-state index in [4.69, 9.17) is 9.47 Å². The van der Waals surface area contributed by atoms with E-state index in [9.17, 15) is 13.5 Å². The molecule has 116 valence electrons. The van der Waals surface area contributed by atoms with Gasteiger partial charge in [-0.25, -0.2) is 13.1 Å². The number of hydrogen-bond acceptors (Lipinski definition) is 5. The SMILES string of the molecule is CS(=O)(=O)N[C@@H]1[C@@H](O)C=CO[C@@H]1COCc1ccccc1. The van der Waals surface area contributed by atoms with Crippen LogP contribution in [0.15, 0.2) is 42.7 Å². The minimum atomic E-state index is -3.45. The Morgan fingerprint density at radius 1 is 1.33 bits per heavy atom. The largest absolute Gasteiger partial charge is 0.494 e. The molecule has 0 saturated heterocycles. The maximum Gasteiger partial charge on any atom is 0.209 e. The molecule has 1 aromatic rings. The zero-order chi connectivity index (χ0) is 15.3. The number of hydrogen-bond donors (Lipinski definition) is 2. The van der Waals surface area contributed by atoms with E-state index in [-0.39, 0.29) is 6.61 Å². The smallest absolute Gasteiger partial charge is 0.209 e. The van der Waals surface area contributed by atoms with Gasteiger partial charge in [-0.15, -0.1) is 0 Å². The van der Waals surface area contributed by atoms with Crippen molar-refractivity contribution >= 4 is 10.0 Å². The molecule has 0 unspecified atom stereocenters. The first-order chi connectivity index (χ1) is 9.96. The van der Waals surface area contributed by atoms with Crippen molar-refractivity contribution in [2.24, 2.45) is 0 Å². The molecular formula is C14H19NO5S. The van der Waals surface area contributed by atoms with E-state index in [1.54, 1.807) is 0 Å². The van der Waals surface area contributed by atoms with Gasteiger partial charge in [0.2, 0.25) is 10.0 Å². The van der Waals surface area contributed by atoms with Crippen LogP contribution in [0.5, 0.6) is 0 Å². The highest BCUT2D eigenvalue weighted by Crippen LogP contribution is 2.14. The van der Waals surface area contributed by atoms with Crippen LogP contribution in [0.4, 0.5) is 0 Å². The topological polar surface area (TPSA) is 84.9 Å². The number of nitrogens with one attached hydrogen (secondary N) is 1. The average Bonchev–Trinajstić information content (AvgIpc) is 2.42. The molecule has 1 heterocycles. The Morgan fingerprint density at radius 3 is 2.71 bits per heavy atom. The second-order valence-electron chi connectivity index (χ2n) is 4.91. The molecule has 7 heteroatoms. The molecule has 0 aliphatic carbocycles. The van der Waals surface area contributed by atoms with Gasteiger partial charge in [0.1, 0.15) is 6.10 Å². The highest BCUT2D eigenvalue weighted by molar-refractivity contribution is 7.88. The van der Waals surface area contributed by atoms with Gasteiger partial charge in [0, 0.05) is 0 Å². The lowest BCUT2D eigenvalue weighted by Crippen LogP contribution is -2.53. The van der Waals surface area contributed by atoms with Crippen molar-refractivity contribution < 1.29 is 23.0 Å². The van der Waals surface area contributed by atoms with Gasteiger partial charge < -0.3 is 14.6 Å². The maximum absolute atomic E-state index is 11.3. The fourth-order valence-corrected chi connectivity index (χ4v) is 2.84. The summed E-state index contributed by atoms with van der Waals surface area (Å²) < 4.78 is 36.0. The van der Waals surface area contributed by atoms with Gasteiger partial charge in [-0.3, -0.25) is 0 Å². The van der Waals surface area contributed by atoms with Crippen LogP contribution >= 0.6 is 0 Å². The van der Waals surface area contributed by atoms with Crippen molar-refractivity contribution in [1.29, 1.82) is 0 Å². The van der Waals surface area contributed by atoms with Crippen molar-refractivity contribution in [3.8, 4) is 0 Å². The highest BCUT2D eigenvalue weighted by atomic mass is 32.2. The maximum atomic E-state index is 11.3. The molecule has 0 bridgehead atoms. The summed E-state index contributed by atoms with van der Waals surface area (Å²) in [6, 6.07) is 8.85. The Hall–Kier alpha value is -1.41. The van der Waals surface area contributed by atoms with Crippen LogP contribution in [-0.2, 0) is 26.1 Å². The molecule has 1 aromatic carbocycles. The van der Waals surface area contributed by atoms with E-state index < -0.39 is 28.3 Å². The molecule has 1 aliphatic heterocycles. The van der Waals surface area contributed by atoms with Crippen molar-refractivity contribution in [2.75, 3.05) is 12.9 Å². The minimum absolute atomic E-state index is 0.170. The van der Waals surface area contributed by atoms with E-state index >= 15 is 0 Å². The normalized spacial score (nSPS) is 25.5. The number of benzene rings is 1. The first-order valence-corrected chi connectivity index (χ1v) is 8.44. The number of ether oxygens (including phenoxy) is 2. The quantitative estimate of drug-likeness (QED) is 0.794. The lowest BCUT2D eigenvalue weighted by molar-refractivity contribution is -0.0283. The first-order valence-electron chi connectivity index (χ1n) is 6.55. The summed E-state index contributed by atoms with van der Waals surface area (Å²) in [5.41, 5.74) is 1.01. The van der Waals surface area contributed by atoms with Gasteiger partial charge in [0.15, 0.2) is 0 Å². The third-order valence-electron chi connectivity index (χ3n) is 3.04. The monoisotopic (exact) mass is 313 g/mol. The number of rotatable bonds is 6. The Labute approximate surface area is 124 Å². The summed E-state index contributed by atoms with van der Waals surface area (Å²) in [7, 11) is -3.45. The molecule has 3 atom stereocenters. The molecule has 0 radical (unpaired) electrons. The fourth-order valence-electron chi connectivity index (χ4n) is 2.05. The standard InChI is InChI=1S/C14H19NO5S/c1-21(17,18)15-14-12(16)7-8-20-13(14)10-19-9-11-5-3-2-4-6-11/h2-8,12-16H,9-10H2,1H3/t12-,13+,14+/m0/s1. The Kier molecular flexibility index (Phi) is 5.35. The Balaban J connectivity index is 1.92. The Bertz CT molecular complexity index is 572. The third-order valence-corrected chi connectivity index (χ3v) is 3.74. The van der Waals surface area contributed by atoms with Crippen LogP contribution in [0.1, 0.15) is 5.56 Å². The van der Waals surface area contributed by atoms with Crippen molar-refractivity contribution in [1.82, 2.24) is 4.72 Å². The predicted octanol–water partition coefficient (Wildman–Crippen LogP) is 0.394. The molecule has 0 aromatic heterocycles. The Morgan fingerprint density at radius 2 is 2.05 bits per heavy atom. The molecule has 0 spiro atoms. The second-order valence-corrected chi connectivity index (χ2v) is 6.69. The number of aliphatic hydroxyl groups excluding tert-OH is 1. The summed E-state index contributed by atoms with van der Waals surface area (Å²) in [6.45, 7) is 0.565.